The van der Waals surface area contributed by atoms with Crippen LogP contribution in [0, 0.1) is 12.3 Å². The van der Waals surface area contributed by atoms with Crippen molar-refractivity contribution in [2.75, 3.05) is 0 Å². The minimum absolute atomic E-state index is 0.0741. The van der Waals surface area contributed by atoms with Gasteiger partial charge in [0, 0.05) is 0 Å². The van der Waals surface area contributed by atoms with Crippen LogP contribution in [0.5, 0.6) is 0 Å². The molecule has 0 rings (SSSR count). The second-order valence-electron chi connectivity index (χ2n) is 3.23. The molecular formula is C8H17Cl2Si. The number of hydrogen-bond donors (Lipinski definition) is 0. The summed E-state index contributed by atoms with van der Waals surface area (Å²) in [6.45, 7) is 6.61. The van der Waals surface area contributed by atoms with Crippen LogP contribution in [-0.2, 0) is 0 Å². The molecule has 0 aromatic carbocycles. The lowest BCUT2D eigenvalue weighted by Crippen LogP contribution is -2.13. The van der Waals surface area contributed by atoms with E-state index in [1.165, 1.54) is 6.42 Å². The second-order valence-corrected chi connectivity index (χ2v) is 7.88. The highest BCUT2D eigenvalue weighted by atomic mass is 35.5. The van der Waals surface area contributed by atoms with Gasteiger partial charge in [0.1, 0.15) is 0 Å². The molecular weight excluding hydrogens is 195 g/mol. The van der Waals surface area contributed by atoms with Crippen LogP contribution in [0.3, 0.4) is 0 Å². The summed E-state index contributed by atoms with van der Waals surface area (Å²) in [7, 11) is -0.307. The van der Waals surface area contributed by atoms with Crippen molar-refractivity contribution in [3.63, 3.8) is 0 Å². The van der Waals surface area contributed by atoms with Gasteiger partial charge >= 0.3 is 0 Å². The molecule has 0 aromatic heterocycles. The zero-order valence-corrected chi connectivity index (χ0v) is 10.4. The summed E-state index contributed by atoms with van der Waals surface area (Å²) in [5.74, 6) is 0.666. The van der Waals surface area contributed by atoms with Crippen LogP contribution in [0.2, 0.25) is 5.54 Å². The van der Waals surface area contributed by atoms with Crippen LogP contribution in [-0.4, -0.2) is 14.0 Å². The van der Waals surface area contributed by atoms with E-state index in [0.29, 0.717) is 5.92 Å². The molecule has 0 aliphatic carbocycles. The van der Waals surface area contributed by atoms with E-state index in [0.717, 1.165) is 5.54 Å². The van der Waals surface area contributed by atoms with Gasteiger partial charge in [-0.15, -0.1) is 23.2 Å². The average Bonchev–Trinajstić information content (AvgIpc) is 1.84. The van der Waals surface area contributed by atoms with E-state index in [4.69, 9.17) is 23.2 Å². The second kappa shape index (κ2) is 6.33. The number of rotatable bonds is 5. The predicted molar refractivity (Wildman–Crippen MR) is 57.2 cm³/mol. The minimum Gasteiger partial charge on any atom is -0.110 e. The summed E-state index contributed by atoms with van der Waals surface area (Å²) in [5, 5.41) is 0. The SMILES string of the molecule is CCC([CH]C(C)C)[SiH2]C(Cl)Cl. The van der Waals surface area contributed by atoms with Crippen LogP contribution in [0.15, 0.2) is 0 Å². The largest absolute Gasteiger partial charge is 0.110 e. The highest BCUT2D eigenvalue weighted by Gasteiger charge is 2.13. The Hall–Kier alpha value is 0.797. The van der Waals surface area contributed by atoms with E-state index in [2.05, 4.69) is 27.2 Å². The molecule has 0 heterocycles. The molecule has 1 unspecified atom stereocenters. The van der Waals surface area contributed by atoms with Crippen molar-refractivity contribution in [1.29, 1.82) is 0 Å². The first-order valence-corrected chi connectivity index (χ1v) is 6.70. The van der Waals surface area contributed by atoms with E-state index in [1.54, 1.807) is 0 Å². The quantitative estimate of drug-likeness (QED) is 0.485. The Morgan fingerprint density at radius 2 is 1.91 bits per heavy atom. The molecule has 0 amide bonds. The van der Waals surface area contributed by atoms with Gasteiger partial charge in [-0.3, -0.25) is 0 Å². The maximum atomic E-state index is 5.74. The Morgan fingerprint density at radius 3 is 2.18 bits per heavy atom. The lowest BCUT2D eigenvalue weighted by Gasteiger charge is -2.15. The summed E-state index contributed by atoms with van der Waals surface area (Å²) < 4.78 is -0.0741. The van der Waals surface area contributed by atoms with Crippen LogP contribution < -0.4 is 0 Å². The van der Waals surface area contributed by atoms with Gasteiger partial charge < -0.3 is 0 Å². The van der Waals surface area contributed by atoms with Crippen molar-refractivity contribution in [2.45, 2.75) is 37.2 Å². The van der Waals surface area contributed by atoms with Crippen LogP contribution in [0.25, 0.3) is 0 Å². The fraction of sp³-hybridized carbons (Fsp3) is 0.875. The number of alkyl halides is 2. The molecule has 67 valence electrons. The molecule has 0 bridgehead atoms. The first-order valence-electron chi connectivity index (χ1n) is 4.19. The molecule has 0 N–H and O–H groups in total. The van der Waals surface area contributed by atoms with Crippen molar-refractivity contribution >= 4 is 32.7 Å². The van der Waals surface area contributed by atoms with E-state index in [9.17, 15) is 0 Å². The zero-order chi connectivity index (χ0) is 8.85. The predicted octanol–water partition coefficient (Wildman–Crippen LogP) is 2.98. The lowest BCUT2D eigenvalue weighted by atomic mass is 10.1. The molecule has 0 aliphatic rings. The first-order chi connectivity index (χ1) is 5.06. The molecule has 0 nitrogen and oxygen atoms in total. The zero-order valence-electron chi connectivity index (χ0n) is 7.48. The van der Waals surface area contributed by atoms with Crippen LogP contribution >= 0.6 is 23.2 Å². The lowest BCUT2D eigenvalue weighted by molar-refractivity contribution is 0.687. The summed E-state index contributed by atoms with van der Waals surface area (Å²) >= 11 is 11.5. The average molecular weight is 212 g/mol. The molecule has 0 saturated carbocycles. The van der Waals surface area contributed by atoms with E-state index >= 15 is 0 Å². The number of halogens is 2. The smallest absolute Gasteiger partial charge is 0.0910 e. The summed E-state index contributed by atoms with van der Waals surface area (Å²) in [4.78, 5) is 0. The Morgan fingerprint density at radius 1 is 1.36 bits per heavy atom. The molecule has 0 spiro atoms. The van der Waals surface area contributed by atoms with Gasteiger partial charge in [0.2, 0.25) is 0 Å². The Labute approximate surface area is 82.5 Å². The van der Waals surface area contributed by atoms with Crippen molar-refractivity contribution in [3.05, 3.63) is 6.42 Å². The third-order valence-electron chi connectivity index (χ3n) is 1.66. The maximum absolute atomic E-state index is 5.74. The van der Waals surface area contributed by atoms with E-state index < -0.39 is 0 Å². The molecule has 1 atom stereocenters. The van der Waals surface area contributed by atoms with Crippen molar-refractivity contribution in [1.82, 2.24) is 0 Å². The van der Waals surface area contributed by atoms with Crippen LogP contribution in [0.4, 0.5) is 0 Å². The van der Waals surface area contributed by atoms with E-state index in [-0.39, 0.29) is 14.0 Å². The van der Waals surface area contributed by atoms with Gasteiger partial charge in [0.05, 0.1) is 14.0 Å². The highest BCUT2D eigenvalue weighted by molar-refractivity contribution is 6.69. The summed E-state index contributed by atoms with van der Waals surface area (Å²) in [6, 6.07) is 0. The molecule has 0 saturated heterocycles. The fourth-order valence-electron chi connectivity index (χ4n) is 1.15. The molecule has 3 heteroatoms. The molecule has 0 aliphatic heterocycles. The number of hydrogen-bond acceptors (Lipinski definition) is 0. The Kier molecular flexibility index (Phi) is 6.79. The van der Waals surface area contributed by atoms with Gasteiger partial charge in [-0.25, -0.2) is 0 Å². The van der Waals surface area contributed by atoms with Gasteiger partial charge in [-0.1, -0.05) is 27.2 Å². The molecule has 11 heavy (non-hydrogen) atoms. The molecule has 0 aromatic rings. The fourth-order valence-corrected chi connectivity index (χ4v) is 4.02. The van der Waals surface area contributed by atoms with Gasteiger partial charge in [0.25, 0.3) is 0 Å². The van der Waals surface area contributed by atoms with Crippen molar-refractivity contribution < 1.29 is 0 Å². The Balaban J connectivity index is 3.58. The monoisotopic (exact) mass is 211 g/mol. The van der Waals surface area contributed by atoms with E-state index in [1.807, 2.05) is 0 Å². The normalized spacial score (nSPS) is 15.5. The maximum Gasteiger partial charge on any atom is 0.0910 e. The summed E-state index contributed by atoms with van der Waals surface area (Å²) in [6.07, 6.45) is 3.57. The van der Waals surface area contributed by atoms with Gasteiger partial charge in [-0.2, -0.15) is 0 Å². The highest BCUT2D eigenvalue weighted by Crippen LogP contribution is 2.21. The molecule has 0 fully saturated rings. The Bertz CT molecular complexity index is 84.1. The minimum atomic E-state index is -0.307. The summed E-state index contributed by atoms with van der Waals surface area (Å²) in [5.41, 5.74) is 0.718. The first kappa shape index (κ1) is 11.8. The van der Waals surface area contributed by atoms with Crippen molar-refractivity contribution in [3.8, 4) is 0 Å². The van der Waals surface area contributed by atoms with Crippen molar-refractivity contribution in [2.24, 2.45) is 5.92 Å². The topological polar surface area (TPSA) is 0 Å². The van der Waals surface area contributed by atoms with Crippen LogP contribution in [0.1, 0.15) is 27.2 Å². The van der Waals surface area contributed by atoms with Gasteiger partial charge in [0.15, 0.2) is 0 Å². The third-order valence-corrected chi connectivity index (χ3v) is 4.54. The molecule has 1 radical (unpaired) electrons. The van der Waals surface area contributed by atoms with Gasteiger partial charge in [-0.05, 0) is 17.9 Å². The standard InChI is InChI=1S/C8H17Cl2Si/c1-4-7(5-6(2)3)11-8(9)10/h5-8H,4,11H2,1-3H3. The third kappa shape index (κ3) is 7.17.